The van der Waals surface area contributed by atoms with E-state index >= 15 is 0 Å². The normalized spacial score (nSPS) is 10.5. The minimum Gasteiger partial charge on any atom is -0.255 e. The monoisotopic (exact) mass is 283 g/mol. The van der Waals surface area contributed by atoms with Gasteiger partial charge in [0.05, 0.1) is 5.69 Å². The average molecular weight is 284 g/mol. The Morgan fingerprint density at radius 2 is 1.69 bits per heavy atom. The Hall–Kier alpha value is -1.29. The van der Waals surface area contributed by atoms with Gasteiger partial charge in [-0.15, -0.1) is 0 Å². The summed E-state index contributed by atoms with van der Waals surface area (Å²) in [5.74, 6) is -1.20. The van der Waals surface area contributed by atoms with Gasteiger partial charge in [-0.1, -0.05) is 0 Å². The van der Waals surface area contributed by atoms with Crippen molar-refractivity contribution in [2.45, 2.75) is 6.92 Å². The van der Waals surface area contributed by atoms with E-state index < -0.39 is 11.6 Å². The molecule has 82 valence electrons. The van der Waals surface area contributed by atoms with E-state index in [2.05, 4.69) is 20.9 Å². The third-order valence-electron chi connectivity index (χ3n) is 2.21. The zero-order valence-corrected chi connectivity index (χ0v) is 10.1. The van der Waals surface area contributed by atoms with Crippen LogP contribution in [0, 0.1) is 18.6 Å². The highest BCUT2D eigenvalue weighted by Gasteiger charge is 2.05. The van der Waals surface area contributed by atoms with Gasteiger partial charge in [0.2, 0.25) is 0 Å². The predicted molar refractivity (Wildman–Crippen MR) is 62.0 cm³/mol. The molecule has 1 aromatic carbocycles. The fourth-order valence-electron chi connectivity index (χ4n) is 1.40. The van der Waals surface area contributed by atoms with Crippen LogP contribution in [0.2, 0.25) is 0 Å². The first-order chi connectivity index (χ1) is 7.56. The minimum absolute atomic E-state index is 0.438. The second kappa shape index (κ2) is 4.29. The molecule has 0 atom stereocenters. The molecule has 0 radical (unpaired) electrons. The highest BCUT2D eigenvalue weighted by molar-refractivity contribution is 9.10. The van der Waals surface area contributed by atoms with Crippen LogP contribution < -0.4 is 0 Å². The second-order valence-corrected chi connectivity index (χ2v) is 4.33. The van der Waals surface area contributed by atoms with Crippen molar-refractivity contribution in [2.75, 3.05) is 0 Å². The Morgan fingerprint density at radius 1 is 1.06 bits per heavy atom. The fourth-order valence-corrected chi connectivity index (χ4v) is 1.62. The maximum atomic E-state index is 13.0. The van der Waals surface area contributed by atoms with Crippen LogP contribution in [0.25, 0.3) is 11.3 Å². The Morgan fingerprint density at radius 3 is 2.25 bits per heavy atom. The van der Waals surface area contributed by atoms with Crippen LogP contribution in [-0.4, -0.2) is 4.98 Å². The summed E-state index contributed by atoms with van der Waals surface area (Å²) in [6.07, 6.45) is 1.62. The molecular formula is C12H8BrF2N. The molecule has 1 heterocycles. The molecule has 1 nitrogen and oxygen atoms in total. The number of rotatable bonds is 1. The molecule has 0 unspecified atom stereocenters. The van der Waals surface area contributed by atoms with Gasteiger partial charge in [0, 0.05) is 22.3 Å². The lowest BCUT2D eigenvalue weighted by molar-refractivity contribution is 0.584. The number of hydrogen-bond donors (Lipinski definition) is 0. The van der Waals surface area contributed by atoms with Crippen molar-refractivity contribution >= 4 is 15.9 Å². The number of halogens is 3. The lowest BCUT2D eigenvalue weighted by Gasteiger charge is -2.04. The largest absolute Gasteiger partial charge is 0.255 e. The van der Waals surface area contributed by atoms with Crippen molar-refractivity contribution in [3.05, 3.63) is 52.1 Å². The Balaban J connectivity index is 2.54. The number of aryl methyl sites for hydroxylation is 1. The molecule has 0 fully saturated rings. The molecular weight excluding hydrogens is 276 g/mol. The molecule has 0 N–H and O–H groups in total. The summed E-state index contributed by atoms with van der Waals surface area (Å²) in [5.41, 5.74) is 1.96. The van der Waals surface area contributed by atoms with Crippen molar-refractivity contribution in [1.82, 2.24) is 4.98 Å². The van der Waals surface area contributed by atoms with Crippen molar-refractivity contribution in [3.63, 3.8) is 0 Å². The van der Waals surface area contributed by atoms with Crippen LogP contribution in [-0.2, 0) is 0 Å². The molecule has 0 aliphatic carbocycles. The van der Waals surface area contributed by atoms with Crippen LogP contribution >= 0.6 is 15.9 Å². The lowest BCUT2D eigenvalue weighted by Crippen LogP contribution is -1.89. The molecule has 0 spiro atoms. The van der Waals surface area contributed by atoms with Crippen molar-refractivity contribution in [3.8, 4) is 11.3 Å². The quantitative estimate of drug-likeness (QED) is 0.768. The molecule has 16 heavy (non-hydrogen) atoms. The molecule has 0 saturated heterocycles. The first-order valence-corrected chi connectivity index (χ1v) is 5.44. The first kappa shape index (κ1) is 11.2. The number of benzene rings is 1. The summed E-state index contributed by atoms with van der Waals surface area (Å²) < 4.78 is 26.9. The molecule has 0 amide bonds. The molecule has 2 aromatic rings. The van der Waals surface area contributed by atoms with Gasteiger partial charge in [-0.3, -0.25) is 4.98 Å². The van der Waals surface area contributed by atoms with E-state index in [0.29, 0.717) is 11.3 Å². The van der Waals surface area contributed by atoms with Crippen molar-refractivity contribution < 1.29 is 8.78 Å². The number of aromatic nitrogens is 1. The maximum absolute atomic E-state index is 13.0. The van der Waals surface area contributed by atoms with Gasteiger partial charge < -0.3 is 0 Å². The number of nitrogens with zero attached hydrogens (tertiary/aromatic N) is 1. The molecule has 0 saturated carbocycles. The van der Waals surface area contributed by atoms with Gasteiger partial charge in [0.1, 0.15) is 11.6 Å². The molecule has 4 heteroatoms. The Bertz CT molecular complexity index is 520. The van der Waals surface area contributed by atoms with Crippen LogP contribution in [0.4, 0.5) is 8.78 Å². The van der Waals surface area contributed by atoms with Crippen LogP contribution in [0.1, 0.15) is 5.56 Å². The number of hydrogen-bond acceptors (Lipinski definition) is 1. The summed E-state index contributed by atoms with van der Waals surface area (Å²) >= 11 is 3.32. The highest BCUT2D eigenvalue weighted by Crippen LogP contribution is 2.23. The molecule has 1 aromatic heterocycles. The van der Waals surface area contributed by atoms with Gasteiger partial charge in [0.15, 0.2) is 0 Å². The van der Waals surface area contributed by atoms with Crippen LogP contribution in [0.15, 0.2) is 34.9 Å². The fraction of sp³-hybridized carbons (Fsp3) is 0.0833. The first-order valence-electron chi connectivity index (χ1n) is 4.65. The van der Waals surface area contributed by atoms with Gasteiger partial charge in [-0.05, 0) is 46.6 Å². The summed E-state index contributed by atoms with van der Waals surface area (Å²) in [4.78, 5) is 4.11. The van der Waals surface area contributed by atoms with E-state index in [4.69, 9.17) is 0 Å². The summed E-state index contributed by atoms with van der Waals surface area (Å²) in [6, 6.07) is 5.14. The van der Waals surface area contributed by atoms with Crippen LogP contribution in [0.3, 0.4) is 0 Å². The van der Waals surface area contributed by atoms with Gasteiger partial charge in [-0.2, -0.15) is 0 Å². The summed E-state index contributed by atoms with van der Waals surface area (Å²) in [5, 5.41) is 0. The zero-order chi connectivity index (χ0) is 11.7. The predicted octanol–water partition coefficient (Wildman–Crippen LogP) is 4.10. The van der Waals surface area contributed by atoms with E-state index in [-0.39, 0.29) is 0 Å². The van der Waals surface area contributed by atoms with E-state index in [1.54, 1.807) is 12.3 Å². The smallest absolute Gasteiger partial charge is 0.126 e. The van der Waals surface area contributed by atoms with Crippen molar-refractivity contribution in [1.29, 1.82) is 0 Å². The Kier molecular flexibility index (Phi) is 3.01. The molecule has 0 aliphatic rings. The van der Waals surface area contributed by atoms with Gasteiger partial charge in [-0.25, -0.2) is 8.78 Å². The molecule has 2 rings (SSSR count). The topological polar surface area (TPSA) is 12.9 Å². The zero-order valence-electron chi connectivity index (χ0n) is 8.47. The summed E-state index contributed by atoms with van der Waals surface area (Å²) in [6.45, 7) is 1.89. The summed E-state index contributed by atoms with van der Waals surface area (Å²) in [7, 11) is 0. The average Bonchev–Trinajstić information content (AvgIpc) is 2.20. The van der Waals surface area contributed by atoms with Gasteiger partial charge >= 0.3 is 0 Å². The van der Waals surface area contributed by atoms with Crippen LogP contribution in [0.5, 0.6) is 0 Å². The Labute approximate surface area is 100 Å². The molecule has 0 bridgehead atoms. The standard InChI is InChI=1S/C12H8BrF2N/c1-7-2-12(16-6-11(7)13)8-3-9(14)5-10(15)4-8/h2-6H,1H3. The highest BCUT2D eigenvalue weighted by atomic mass is 79.9. The SMILES string of the molecule is Cc1cc(-c2cc(F)cc(F)c2)ncc1Br. The third kappa shape index (κ3) is 2.27. The lowest BCUT2D eigenvalue weighted by atomic mass is 10.1. The number of pyridine rings is 1. The molecule has 0 aliphatic heterocycles. The van der Waals surface area contributed by atoms with E-state index in [1.807, 2.05) is 6.92 Å². The minimum atomic E-state index is -0.600. The van der Waals surface area contributed by atoms with E-state index in [9.17, 15) is 8.78 Å². The second-order valence-electron chi connectivity index (χ2n) is 3.48. The van der Waals surface area contributed by atoms with Crippen molar-refractivity contribution in [2.24, 2.45) is 0 Å². The third-order valence-corrected chi connectivity index (χ3v) is 3.04. The van der Waals surface area contributed by atoms with E-state index in [1.165, 1.54) is 12.1 Å². The van der Waals surface area contributed by atoms with E-state index in [0.717, 1.165) is 16.1 Å². The maximum Gasteiger partial charge on any atom is 0.126 e. The van der Waals surface area contributed by atoms with Gasteiger partial charge in [0.25, 0.3) is 0 Å².